The van der Waals surface area contributed by atoms with E-state index >= 15 is 0 Å². The number of aryl methyl sites for hydroxylation is 3. The van der Waals surface area contributed by atoms with E-state index < -0.39 is 12.0 Å². The molecule has 0 spiro atoms. The normalized spacial score (nSPS) is 12.1. The van der Waals surface area contributed by atoms with Gasteiger partial charge in [0.15, 0.2) is 0 Å². The summed E-state index contributed by atoms with van der Waals surface area (Å²) < 4.78 is 4.71. The molecule has 0 radical (unpaired) electrons. The summed E-state index contributed by atoms with van der Waals surface area (Å²) in [5.74, 6) is -0.772. The van der Waals surface area contributed by atoms with Gasteiger partial charge in [0.2, 0.25) is 0 Å². The zero-order chi connectivity index (χ0) is 25.9. The standard InChI is InChI=1S/C29H33ClN2O3/c1-17-15-23(11-12-25(17)30)29(5,6)32-24-10-8-9-21(16-24)22-13-18(2)26(19(3)14-22)27(33)31-20(4)28(34)35-7/h8-16,20,32H,1-7H3,(H,31,33). The van der Waals surface area contributed by atoms with Crippen molar-refractivity contribution in [1.82, 2.24) is 5.32 Å². The van der Waals surface area contributed by atoms with E-state index in [0.717, 1.165) is 44.1 Å². The highest BCUT2D eigenvalue weighted by Crippen LogP contribution is 2.32. The number of ether oxygens (including phenoxy) is 1. The van der Waals surface area contributed by atoms with E-state index in [9.17, 15) is 9.59 Å². The number of nitrogens with one attached hydrogen (secondary N) is 2. The third kappa shape index (κ3) is 6.04. The van der Waals surface area contributed by atoms with Gasteiger partial charge in [-0.25, -0.2) is 4.79 Å². The van der Waals surface area contributed by atoms with Crippen molar-refractivity contribution in [1.29, 1.82) is 0 Å². The fraction of sp³-hybridized carbons (Fsp3) is 0.310. The zero-order valence-electron chi connectivity index (χ0n) is 21.4. The van der Waals surface area contributed by atoms with Crippen LogP contribution >= 0.6 is 11.6 Å². The van der Waals surface area contributed by atoms with Crippen LogP contribution in [0.3, 0.4) is 0 Å². The van der Waals surface area contributed by atoms with Crippen molar-refractivity contribution in [2.24, 2.45) is 0 Å². The van der Waals surface area contributed by atoms with Gasteiger partial charge in [0, 0.05) is 16.3 Å². The van der Waals surface area contributed by atoms with Gasteiger partial charge in [-0.2, -0.15) is 0 Å². The molecule has 0 heterocycles. The highest BCUT2D eigenvalue weighted by molar-refractivity contribution is 6.31. The van der Waals surface area contributed by atoms with Crippen molar-refractivity contribution in [2.75, 3.05) is 12.4 Å². The largest absolute Gasteiger partial charge is 0.467 e. The predicted octanol–water partition coefficient (Wildman–Crippen LogP) is 6.57. The van der Waals surface area contributed by atoms with Crippen LogP contribution in [0, 0.1) is 20.8 Å². The maximum atomic E-state index is 12.8. The zero-order valence-corrected chi connectivity index (χ0v) is 22.1. The lowest BCUT2D eigenvalue weighted by molar-refractivity contribution is -0.142. The van der Waals surface area contributed by atoms with Gasteiger partial charge in [-0.05, 0) is 93.1 Å². The summed E-state index contributed by atoms with van der Waals surface area (Å²) in [6.07, 6.45) is 0. The van der Waals surface area contributed by atoms with Gasteiger partial charge in [-0.3, -0.25) is 4.79 Å². The number of halogens is 1. The molecule has 0 aliphatic rings. The monoisotopic (exact) mass is 492 g/mol. The van der Waals surface area contributed by atoms with Crippen molar-refractivity contribution >= 4 is 29.2 Å². The minimum Gasteiger partial charge on any atom is -0.467 e. The Hall–Kier alpha value is -3.31. The number of hydrogen-bond acceptors (Lipinski definition) is 4. The van der Waals surface area contributed by atoms with Crippen molar-refractivity contribution in [2.45, 2.75) is 53.1 Å². The molecule has 3 aromatic rings. The van der Waals surface area contributed by atoms with Gasteiger partial charge in [-0.15, -0.1) is 0 Å². The number of hydrogen-bond donors (Lipinski definition) is 2. The molecule has 0 aliphatic heterocycles. The van der Waals surface area contributed by atoms with Gasteiger partial charge >= 0.3 is 5.97 Å². The Morgan fingerprint density at radius 2 is 1.57 bits per heavy atom. The molecule has 0 aliphatic carbocycles. The molecule has 0 saturated heterocycles. The molecular weight excluding hydrogens is 460 g/mol. The van der Waals surface area contributed by atoms with E-state index in [-0.39, 0.29) is 11.4 Å². The molecule has 1 amide bonds. The number of carbonyl (C=O) groups is 2. The highest BCUT2D eigenvalue weighted by atomic mass is 35.5. The molecule has 6 heteroatoms. The third-order valence-corrected chi connectivity index (χ3v) is 6.62. The van der Waals surface area contributed by atoms with E-state index in [1.54, 1.807) is 6.92 Å². The molecule has 3 rings (SSSR count). The molecule has 0 bridgehead atoms. The SMILES string of the molecule is COC(=O)C(C)NC(=O)c1c(C)cc(-c2cccc(NC(C)(C)c3ccc(Cl)c(C)c3)c2)cc1C. The first-order valence-corrected chi connectivity index (χ1v) is 12.0. The maximum Gasteiger partial charge on any atom is 0.328 e. The predicted molar refractivity (Wildman–Crippen MR) is 143 cm³/mol. The lowest BCUT2D eigenvalue weighted by atomic mass is 9.92. The lowest BCUT2D eigenvalue weighted by Crippen LogP contribution is -2.39. The number of esters is 1. The lowest BCUT2D eigenvalue weighted by Gasteiger charge is -2.29. The van der Waals surface area contributed by atoms with Gasteiger partial charge in [0.05, 0.1) is 12.6 Å². The Labute approximate surface area is 212 Å². The second-order valence-electron chi connectivity index (χ2n) is 9.50. The Morgan fingerprint density at radius 3 is 2.17 bits per heavy atom. The Bertz CT molecular complexity index is 1240. The topological polar surface area (TPSA) is 67.4 Å². The summed E-state index contributed by atoms with van der Waals surface area (Å²) in [5.41, 5.74) is 7.17. The fourth-order valence-corrected chi connectivity index (χ4v) is 4.35. The molecule has 184 valence electrons. The summed E-state index contributed by atoms with van der Waals surface area (Å²) in [4.78, 5) is 24.5. The molecule has 5 nitrogen and oxygen atoms in total. The molecule has 35 heavy (non-hydrogen) atoms. The quantitative estimate of drug-likeness (QED) is 0.366. The third-order valence-electron chi connectivity index (χ3n) is 6.19. The van der Waals surface area contributed by atoms with Crippen LogP contribution in [0.5, 0.6) is 0 Å². The van der Waals surface area contributed by atoms with Gasteiger partial charge in [0.1, 0.15) is 6.04 Å². The summed E-state index contributed by atoms with van der Waals surface area (Å²) in [7, 11) is 1.30. The first kappa shape index (κ1) is 26.3. The van der Waals surface area contributed by atoms with Crippen LogP contribution in [0.1, 0.15) is 53.4 Å². The van der Waals surface area contributed by atoms with Crippen molar-refractivity contribution in [3.63, 3.8) is 0 Å². The second kappa shape index (κ2) is 10.5. The second-order valence-corrected chi connectivity index (χ2v) is 9.91. The van der Waals surface area contributed by atoms with Gasteiger partial charge in [-0.1, -0.05) is 48.0 Å². The van der Waals surface area contributed by atoms with Gasteiger partial charge < -0.3 is 15.4 Å². The van der Waals surface area contributed by atoms with Crippen LogP contribution in [0.25, 0.3) is 11.1 Å². The minimum absolute atomic E-state index is 0.292. The van der Waals surface area contributed by atoms with Gasteiger partial charge in [0.25, 0.3) is 5.91 Å². The number of methoxy groups -OCH3 is 1. The summed E-state index contributed by atoms with van der Waals surface area (Å²) in [6.45, 7) is 11.7. The fourth-order valence-electron chi connectivity index (χ4n) is 4.24. The van der Waals surface area contributed by atoms with Crippen molar-refractivity contribution < 1.29 is 14.3 Å². The highest BCUT2D eigenvalue weighted by Gasteiger charge is 2.22. The average Bonchev–Trinajstić information content (AvgIpc) is 2.79. The molecule has 0 aromatic heterocycles. The minimum atomic E-state index is -0.721. The molecule has 2 N–H and O–H groups in total. The molecule has 3 aromatic carbocycles. The molecule has 0 fully saturated rings. The van der Waals surface area contributed by atoms with Crippen LogP contribution in [0.2, 0.25) is 5.02 Å². The molecular formula is C29H33ClN2O3. The molecule has 1 atom stereocenters. The van der Waals surface area contributed by atoms with Crippen LogP contribution in [-0.4, -0.2) is 25.0 Å². The van der Waals surface area contributed by atoms with E-state index in [0.29, 0.717) is 5.56 Å². The maximum absolute atomic E-state index is 12.8. The summed E-state index contributed by atoms with van der Waals surface area (Å²) >= 11 is 6.21. The van der Waals surface area contributed by atoms with Crippen LogP contribution in [-0.2, 0) is 15.1 Å². The first-order valence-electron chi connectivity index (χ1n) is 11.6. The number of carbonyl (C=O) groups excluding carboxylic acids is 2. The molecule has 0 saturated carbocycles. The van der Waals surface area contributed by atoms with E-state index in [4.69, 9.17) is 16.3 Å². The van der Waals surface area contributed by atoms with E-state index in [1.807, 2.05) is 57.2 Å². The number of benzene rings is 3. The number of amides is 1. The van der Waals surface area contributed by atoms with Crippen LogP contribution < -0.4 is 10.6 Å². The first-order chi connectivity index (χ1) is 16.4. The van der Waals surface area contributed by atoms with Crippen LogP contribution in [0.4, 0.5) is 5.69 Å². The summed E-state index contributed by atoms with van der Waals surface area (Å²) in [5, 5.41) is 7.11. The Kier molecular flexibility index (Phi) is 7.91. The van der Waals surface area contributed by atoms with E-state index in [2.05, 4.69) is 42.7 Å². The van der Waals surface area contributed by atoms with E-state index in [1.165, 1.54) is 7.11 Å². The smallest absolute Gasteiger partial charge is 0.328 e. The Morgan fingerprint density at radius 1 is 0.914 bits per heavy atom. The number of anilines is 1. The summed E-state index contributed by atoms with van der Waals surface area (Å²) in [6, 6.07) is 17.6. The Balaban J connectivity index is 1.87. The average molecular weight is 493 g/mol. The molecule has 1 unspecified atom stereocenters. The van der Waals surface area contributed by atoms with Crippen molar-refractivity contribution in [3.8, 4) is 11.1 Å². The van der Waals surface area contributed by atoms with Crippen LogP contribution in [0.15, 0.2) is 54.6 Å². The van der Waals surface area contributed by atoms with Crippen molar-refractivity contribution in [3.05, 3.63) is 87.4 Å². The number of rotatable bonds is 7.